The van der Waals surface area contributed by atoms with Crippen molar-refractivity contribution < 1.29 is 32.0 Å². The molecular formula is C27H34ClF3N2O4. The summed E-state index contributed by atoms with van der Waals surface area (Å²) in [6.07, 6.45) is -3.20. The van der Waals surface area contributed by atoms with Crippen LogP contribution in [0.3, 0.4) is 0 Å². The average molecular weight is 543 g/mol. The predicted octanol–water partition coefficient (Wildman–Crippen LogP) is 7.65. The lowest BCUT2D eigenvalue weighted by molar-refractivity contribution is -0.141. The molecular weight excluding hydrogens is 509 g/mol. The molecule has 204 valence electrons. The van der Waals surface area contributed by atoms with Crippen LogP contribution in [-0.2, 0) is 20.5 Å². The highest BCUT2D eigenvalue weighted by Gasteiger charge is 2.47. The van der Waals surface area contributed by atoms with Crippen molar-refractivity contribution in [3.05, 3.63) is 45.8 Å². The molecule has 1 aromatic carbocycles. The monoisotopic (exact) mass is 542 g/mol. The molecule has 37 heavy (non-hydrogen) atoms. The molecule has 2 aromatic rings. The zero-order valence-corrected chi connectivity index (χ0v) is 22.6. The lowest BCUT2D eigenvalue weighted by atomic mass is 9.67. The van der Waals surface area contributed by atoms with Crippen LogP contribution in [0.25, 0.3) is 0 Å². The standard InChI is InChI=1S/C27H34ClF3N2O4/c1-15-6-8-20(19(28)10-15)32-21(34)13-17(7-9-22(35)36-5)24-23(27(29,30)31)25(37-33-24)18-11-16(12-18)14-26(2,3)4/h6,8,10,16-18H,7,9,11-14H2,1-5H3,(H,32,34). The molecule has 1 amide bonds. The lowest BCUT2D eigenvalue weighted by Gasteiger charge is -2.38. The fourth-order valence-corrected chi connectivity index (χ4v) is 5.30. The average Bonchev–Trinajstić information content (AvgIpc) is 3.19. The van der Waals surface area contributed by atoms with Crippen molar-refractivity contribution in [1.82, 2.24) is 5.16 Å². The smallest absolute Gasteiger partial charge is 0.421 e. The van der Waals surface area contributed by atoms with Crippen LogP contribution in [0, 0.1) is 18.3 Å². The first-order valence-corrected chi connectivity index (χ1v) is 12.7. The molecule has 1 aromatic heterocycles. The van der Waals surface area contributed by atoms with Crippen molar-refractivity contribution in [3.63, 3.8) is 0 Å². The number of alkyl halides is 3. The summed E-state index contributed by atoms with van der Waals surface area (Å²) in [7, 11) is 1.20. The Morgan fingerprint density at radius 2 is 1.92 bits per heavy atom. The summed E-state index contributed by atoms with van der Waals surface area (Å²) in [5.74, 6) is -2.40. The van der Waals surface area contributed by atoms with Crippen LogP contribution in [0.15, 0.2) is 22.7 Å². The van der Waals surface area contributed by atoms with E-state index >= 15 is 0 Å². The van der Waals surface area contributed by atoms with Gasteiger partial charge in [-0.1, -0.05) is 43.6 Å². The Labute approximate surface area is 220 Å². The van der Waals surface area contributed by atoms with Gasteiger partial charge in [-0.3, -0.25) is 9.59 Å². The number of aromatic nitrogens is 1. The van der Waals surface area contributed by atoms with E-state index in [4.69, 9.17) is 16.1 Å². The topological polar surface area (TPSA) is 81.4 Å². The van der Waals surface area contributed by atoms with E-state index in [2.05, 4.69) is 36.0 Å². The van der Waals surface area contributed by atoms with Gasteiger partial charge < -0.3 is 14.6 Å². The number of anilines is 1. The molecule has 1 unspecified atom stereocenters. The first kappa shape index (κ1) is 29.0. The molecule has 0 aliphatic heterocycles. The van der Waals surface area contributed by atoms with Crippen LogP contribution in [0.2, 0.25) is 5.02 Å². The van der Waals surface area contributed by atoms with Gasteiger partial charge in [0.05, 0.1) is 23.5 Å². The summed E-state index contributed by atoms with van der Waals surface area (Å²) in [6, 6.07) is 5.05. The van der Waals surface area contributed by atoms with Gasteiger partial charge in [-0.25, -0.2) is 0 Å². The summed E-state index contributed by atoms with van der Waals surface area (Å²) < 4.78 is 52.9. The van der Waals surface area contributed by atoms with Gasteiger partial charge in [0.15, 0.2) is 5.76 Å². The molecule has 1 heterocycles. The predicted molar refractivity (Wildman–Crippen MR) is 134 cm³/mol. The molecule has 1 saturated carbocycles. The Morgan fingerprint density at radius 1 is 1.24 bits per heavy atom. The molecule has 1 aliphatic carbocycles. The number of esters is 1. The number of hydrogen-bond donors (Lipinski definition) is 1. The third kappa shape index (κ3) is 7.72. The zero-order valence-electron chi connectivity index (χ0n) is 21.8. The molecule has 1 aliphatic rings. The molecule has 1 fully saturated rings. The van der Waals surface area contributed by atoms with Crippen molar-refractivity contribution in [1.29, 1.82) is 0 Å². The SMILES string of the molecule is COC(=O)CCC(CC(=O)Nc1ccc(C)cc1Cl)c1noc(C2CC(CC(C)(C)C)C2)c1C(F)(F)F. The summed E-state index contributed by atoms with van der Waals surface area (Å²) in [6.45, 7) is 8.16. The van der Waals surface area contributed by atoms with E-state index < -0.39 is 29.5 Å². The van der Waals surface area contributed by atoms with Crippen molar-refractivity contribution in [3.8, 4) is 0 Å². The number of hydrogen-bond acceptors (Lipinski definition) is 5. The van der Waals surface area contributed by atoms with Crippen LogP contribution in [0.1, 0.15) is 93.7 Å². The first-order chi connectivity index (χ1) is 17.2. The van der Waals surface area contributed by atoms with Gasteiger partial charge in [-0.05, 0) is 61.6 Å². The van der Waals surface area contributed by atoms with E-state index in [-0.39, 0.29) is 42.0 Å². The van der Waals surface area contributed by atoms with E-state index in [0.29, 0.717) is 29.5 Å². The van der Waals surface area contributed by atoms with Gasteiger partial charge in [-0.2, -0.15) is 13.2 Å². The number of nitrogens with one attached hydrogen (secondary N) is 1. The van der Waals surface area contributed by atoms with Crippen molar-refractivity contribution in [2.24, 2.45) is 11.3 Å². The van der Waals surface area contributed by atoms with E-state index in [0.717, 1.165) is 12.0 Å². The Balaban J connectivity index is 1.86. The lowest BCUT2D eigenvalue weighted by Crippen LogP contribution is -2.27. The minimum Gasteiger partial charge on any atom is -0.469 e. The summed E-state index contributed by atoms with van der Waals surface area (Å²) in [5.41, 5.74) is 0.0466. The van der Waals surface area contributed by atoms with Gasteiger partial charge in [0.1, 0.15) is 5.56 Å². The molecule has 1 atom stereocenters. The Morgan fingerprint density at radius 3 is 2.49 bits per heavy atom. The van der Waals surface area contributed by atoms with E-state index in [1.54, 1.807) is 18.2 Å². The number of methoxy groups -OCH3 is 1. The first-order valence-electron chi connectivity index (χ1n) is 12.4. The number of nitrogens with zero attached hydrogens (tertiary/aromatic N) is 1. The number of ether oxygens (including phenoxy) is 1. The highest BCUT2D eigenvalue weighted by Crippen LogP contribution is 2.51. The largest absolute Gasteiger partial charge is 0.469 e. The number of rotatable bonds is 9. The molecule has 0 saturated heterocycles. The highest BCUT2D eigenvalue weighted by molar-refractivity contribution is 6.33. The number of amides is 1. The molecule has 10 heteroatoms. The second-order valence-corrected chi connectivity index (χ2v) is 11.6. The minimum atomic E-state index is -4.72. The normalized spacial score (nSPS) is 18.7. The zero-order chi connectivity index (χ0) is 27.5. The van der Waals surface area contributed by atoms with Crippen LogP contribution in [0.5, 0.6) is 0 Å². The number of halogens is 4. The Bertz CT molecular complexity index is 1120. The van der Waals surface area contributed by atoms with Crippen molar-refractivity contribution >= 4 is 29.2 Å². The van der Waals surface area contributed by atoms with Crippen LogP contribution < -0.4 is 5.32 Å². The number of benzene rings is 1. The van der Waals surface area contributed by atoms with Crippen LogP contribution >= 0.6 is 11.6 Å². The summed E-state index contributed by atoms with van der Waals surface area (Å²) in [5, 5.41) is 6.79. The third-order valence-corrected chi connectivity index (χ3v) is 6.99. The highest BCUT2D eigenvalue weighted by atomic mass is 35.5. The van der Waals surface area contributed by atoms with Gasteiger partial charge >= 0.3 is 12.1 Å². The second-order valence-electron chi connectivity index (χ2n) is 11.2. The molecule has 6 nitrogen and oxygen atoms in total. The maximum absolute atomic E-state index is 14.3. The Kier molecular flexibility index (Phi) is 8.98. The number of carbonyl (C=O) groups excluding carboxylic acids is 2. The maximum atomic E-state index is 14.3. The Hall–Kier alpha value is -2.55. The number of aryl methyl sites for hydroxylation is 1. The minimum absolute atomic E-state index is 0.0614. The van der Waals surface area contributed by atoms with Crippen molar-refractivity contribution in [2.45, 2.75) is 84.2 Å². The van der Waals surface area contributed by atoms with Gasteiger partial charge in [0.2, 0.25) is 5.91 Å². The van der Waals surface area contributed by atoms with E-state index in [1.165, 1.54) is 7.11 Å². The summed E-state index contributed by atoms with van der Waals surface area (Å²) >= 11 is 6.19. The van der Waals surface area contributed by atoms with Crippen LogP contribution in [0.4, 0.5) is 18.9 Å². The molecule has 0 radical (unpaired) electrons. The van der Waals surface area contributed by atoms with Gasteiger partial charge in [-0.15, -0.1) is 0 Å². The molecule has 0 spiro atoms. The number of carbonyl (C=O) groups is 2. The van der Waals surface area contributed by atoms with Gasteiger partial charge in [0.25, 0.3) is 0 Å². The second kappa shape index (κ2) is 11.5. The van der Waals surface area contributed by atoms with E-state index in [9.17, 15) is 22.8 Å². The van der Waals surface area contributed by atoms with Crippen LogP contribution in [-0.4, -0.2) is 24.1 Å². The molecule has 1 N–H and O–H groups in total. The van der Waals surface area contributed by atoms with Crippen molar-refractivity contribution in [2.75, 3.05) is 12.4 Å². The quantitative estimate of drug-likeness (QED) is 0.329. The third-order valence-electron chi connectivity index (χ3n) is 6.68. The fourth-order valence-electron chi connectivity index (χ4n) is 5.02. The van der Waals surface area contributed by atoms with Gasteiger partial charge in [0, 0.05) is 24.7 Å². The molecule has 0 bridgehead atoms. The summed E-state index contributed by atoms with van der Waals surface area (Å²) in [4.78, 5) is 24.7. The fraction of sp³-hybridized carbons (Fsp3) is 0.593. The maximum Gasteiger partial charge on any atom is 0.421 e. The van der Waals surface area contributed by atoms with E-state index in [1.807, 2.05) is 6.92 Å². The molecule has 3 rings (SSSR count).